The van der Waals surface area contributed by atoms with Crippen molar-refractivity contribution in [2.45, 2.75) is 43.8 Å². The van der Waals surface area contributed by atoms with Gasteiger partial charge in [-0.3, -0.25) is 0 Å². The Balaban J connectivity index is 2.16. The van der Waals surface area contributed by atoms with E-state index in [1.54, 1.807) is 18.1 Å². The number of aryl methyl sites for hydroxylation is 1. The molecule has 0 amide bonds. The summed E-state index contributed by atoms with van der Waals surface area (Å²) in [5, 5.41) is 21.6. The molecule has 104 valence electrons. The highest BCUT2D eigenvalue weighted by atomic mass is 32.2. The van der Waals surface area contributed by atoms with Crippen LogP contribution in [0.5, 0.6) is 0 Å². The number of aromatic nitrogens is 3. The molecule has 6 heteroatoms. The molecule has 1 unspecified atom stereocenters. The van der Waals surface area contributed by atoms with E-state index in [0.717, 1.165) is 36.7 Å². The molecule has 5 nitrogen and oxygen atoms in total. The number of hydrogen-bond acceptors (Lipinski definition) is 5. The van der Waals surface area contributed by atoms with Gasteiger partial charge in [0.2, 0.25) is 0 Å². The van der Waals surface area contributed by atoms with E-state index in [1.165, 1.54) is 0 Å². The van der Waals surface area contributed by atoms with E-state index in [0.29, 0.717) is 0 Å². The summed E-state index contributed by atoms with van der Waals surface area (Å²) < 4.78 is 1.93. The number of aliphatic hydroxyl groups excluding tert-OH is 1. The summed E-state index contributed by atoms with van der Waals surface area (Å²) in [6.07, 6.45) is 4.94. The Labute approximate surface area is 113 Å². The predicted octanol–water partition coefficient (Wildman–Crippen LogP) is 1.44. The number of nitrogens with zero attached hydrogens (tertiary/aromatic N) is 3. The summed E-state index contributed by atoms with van der Waals surface area (Å²) in [5.41, 5.74) is -0.135. The minimum Gasteiger partial charge on any atom is -0.394 e. The fourth-order valence-corrected chi connectivity index (χ4v) is 2.72. The van der Waals surface area contributed by atoms with Crippen LogP contribution in [0.4, 0.5) is 0 Å². The van der Waals surface area contributed by atoms with Crippen LogP contribution < -0.4 is 5.32 Å². The monoisotopic (exact) mass is 272 g/mol. The number of aliphatic hydroxyl groups is 1. The van der Waals surface area contributed by atoms with Crippen molar-refractivity contribution >= 4 is 11.8 Å². The van der Waals surface area contributed by atoms with Gasteiger partial charge in [-0.05, 0) is 26.3 Å². The second-order valence-electron chi connectivity index (χ2n) is 4.78. The summed E-state index contributed by atoms with van der Waals surface area (Å²) in [5.74, 6) is 1.04. The molecular formula is C12H24N4OS. The molecule has 0 aliphatic carbocycles. The second kappa shape index (κ2) is 7.76. The lowest BCUT2D eigenvalue weighted by Gasteiger charge is -2.28. The molecule has 0 aromatic carbocycles. The third-order valence-electron chi connectivity index (χ3n) is 2.98. The molecule has 1 rings (SSSR count). The highest BCUT2D eigenvalue weighted by Crippen LogP contribution is 2.18. The maximum absolute atomic E-state index is 9.37. The van der Waals surface area contributed by atoms with E-state index in [2.05, 4.69) is 29.4 Å². The average Bonchev–Trinajstić information content (AvgIpc) is 2.75. The number of likely N-dealkylation sites (N-methyl/N-ethyl adjacent to an activating group) is 1. The second-order valence-corrected chi connectivity index (χ2v) is 5.84. The average molecular weight is 272 g/mol. The Hall–Kier alpha value is -0.590. The van der Waals surface area contributed by atoms with Crippen LogP contribution in [0.2, 0.25) is 0 Å². The van der Waals surface area contributed by atoms with Gasteiger partial charge in [0.05, 0.1) is 6.61 Å². The molecule has 0 fully saturated rings. The SMILES string of the molecule is CCNC(C)(CO)CCCCSc1nncn1C. The lowest BCUT2D eigenvalue weighted by Crippen LogP contribution is -2.45. The molecule has 1 atom stereocenters. The van der Waals surface area contributed by atoms with Crippen LogP contribution in [-0.2, 0) is 7.05 Å². The van der Waals surface area contributed by atoms with Crippen molar-refractivity contribution in [3.8, 4) is 0 Å². The van der Waals surface area contributed by atoms with Crippen molar-refractivity contribution in [1.29, 1.82) is 0 Å². The van der Waals surface area contributed by atoms with E-state index in [9.17, 15) is 5.11 Å². The molecule has 0 bridgehead atoms. The summed E-state index contributed by atoms with van der Waals surface area (Å²) >= 11 is 1.73. The third kappa shape index (κ3) is 4.96. The summed E-state index contributed by atoms with van der Waals surface area (Å²) in [7, 11) is 1.95. The summed E-state index contributed by atoms with van der Waals surface area (Å²) in [6, 6.07) is 0. The lowest BCUT2D eigenvalue weighted by molar-refractivity contribution is 0.165. The van der Waals surface area contributed by atoms with Crippen LogP contribution >= 0.6 is 11.8 Å². The first-order chi connectivity index (χ1) is 8.61. The Morgan fingerprint density at radius 3 is 2.83 bits per heavy atom. The van der Waals surface area contributed by atoms with Crippen molar-refractivity contribution in [3.63, 3.8) is 0 Å². The van der Waals surface area contributed by atoms with Gasteiger partial charge < -0.3 is 15.0 Å². The Kier molecular flexibility index (Phi) is 6.67. The highest BCUT2D eigenvalue weighted by molar-refractivity contribution is 7.99. The van der Waals surface area contributed by atoms with Gasteiger partial charge in [0, 0.05) is 18.3 Å². The Morgan fingerprint density at radius 2 is 2.28 bits per heavy atom. The quantitative estimate of drug-likeness (QED) is 0.526. The Morgan fingerprint density at radius 1 is 1.50 bits per heavy atom. The number of rotatable bonds is 9. The topological polar surface area (TPSA) is 63.0 Å². The zero-order valence-corrected chi connectivity index (χ0v) is 12.3. The van der Waals surface area contributed by atoms with Gasteiger partial charge in [-0.25, -0.2) is 0 Å². The molecular weight excluding hydrogens is 248 g/mol. The largest absolute Gasteiger partial charge is 0.394 e. The molecule has 0 aliphatic rings. The van der Waals surface area contributed by atoms with Crippen LogP contribution in [0.25, 0.3) is 0 Å². The van der Waals surface area contributed by atoms with Gasteiger partial charge >= 0.3 is 0 Å². The van der Waals surface area contributed by atoms with E-state index >= 15 is 0 Å². The van der Waals surface area contributed by atoms with Gasteiger partial charge in [-0.1, -0.05) is 25.1 Å². The Bertz CT molecular complexity index is 345. The lowest BCUT2D eigenvalue weighted by atomic mass is 9.96. The van der Waals surface area contributed by atoms with Gasteiger partial charge in [0.15, 0.2) is 5.16 Å². The molecule has 2 N–H and O–H groups in total. The van der Waals surface area contributed by atoms with Gasteiger partial charge in [0.1, 0.15) is 6.33 Å². The van der Waals surface area contributed by atoms with Crippen molar-refractivity contribution in [2.24, 2.45) is 7.05 Å². The third-order valence-corrected chi connectivity index (χ3v) is 4.10. The van der Waals surface area contributed by atoms with Crippen molar-refractivity contribution in [1.82, 2.24) is 20.1 Å². The minimum absolute atomic E-state index is 0.135. The molecule has 18 heavy (non-hydrogen) atoms. The van der Waals surface area contributed by atoms with Gasteiger partial charge in [-0.2, -0.15) is 0 Å². The van der Waals surface area contributed by atoms with Gasteiger partial charge in [0.25, 0.3) is 0 Å². The van der Waals surface area contributed by atoms with E-state index in [4.69, 9.17) is 0 Å². The number of nitrogens with one attached hydrogen (secondary N) is 1. The molecule has 0 saturated carbocycles. The minimum atomic E-state index is -0.135. The molecule has 0 aliphatic heterocycles. The summed E-state index contributed by atoms with van der Waals surface area (Å²) in [6.45, 7) is 5.23. The zero-order chi connectivity index (χ0) is 13.4. The molecule has 0 radical (unpaired) electrons. The van der Waals surface area contributed by atoms with Crippen molar-refractivity contribution < 1.29 is 5.11 Å². The number of hydrogen-bond donors (Lipinski definition) is 2. The summed E-state index contributed by atoms with van der Waals surface area (Å²) in [4.78, 5) is 0. The normalized spacial score (nSPS) is 14.7. The fraction of sp³-hybridized carbons (Fsp3) is 0.833. The predicted molar refractivity (Wildman–Crippen MR) is 74.7 cm³/mol. The first-order valence-electron chi connectivity index (χ1n) is 6.44. The van der Waals surface area contributed by atoms with Crippen LogP contribution in [0.1, 0.15) is 33.1 Å². The van der Waals surface area contributed by atoms with Gasteiger partial charge in [-0.15, -0.1) is 10.2 Å². The fourth-order valence-electron chi connectivity index (χ4n) is 1.83. The number of unbranched alkanes of at least 4 members (excludes halogenated alkanes) is 1. The van der Waals surface area contributed by atoms with Crippen LogP contribution in [0.3, 0.4) is 0 Å². The van der Waals surface area contributed by atoms with Crippen molar-refractivity contribution in [3.05, 3.63) is 6.33 Å². The van der Waals surface area contributed by atoms with Crippen LogP contribution in [-0.4, -0.2) is 44.3 Å². The first-order valence-corrected chi connectivity index (χ1v) is 7.42. The molecule has 1 aromatic rings. The maximum Gasteiger partial charge on any atom is 0.190 e. The van der Waals surface area contributed by atoms with E-state index in [1.807, 2.05) is 11.6 Å². The molecule has 1 heterocycles. The maximum atomic E-state index is 9.37. The smallest absolute Gasteiger partial charge is 0.190 e. The highest BCUT2D eigenvalue weighted by Gasteiger charge is 2.20. The molecule has 0 saturated heterocycles. The van der Waals surface area contributed by atoms with Crippen LogP contribution in [0, 0.1) is 0 Å². The van der Waals surface area contributed by atoms with E-state index in [-0.39, 0.29) is 12.1 Å². The van der Waals surface area contributed by atoms with Crippen LogP contribution in [0.15, 0.2) is 11.5 Å². The standard InChI is InChI=1S/C12H24N4OS/c1-4-13-12(2,9-17)7-5-6-8-18-11-15-14-10-16(11)3/h10,13,17H,4-9H2,1-3H3. The zero-order valence-electron chi connectivity index (χ0n) is 11.5. The number of thioether (sulfide) groups is 1. The first kappa shape index (κ1) is 15.5. The molecule has 1 aromatic heterocycles. The van der Waals surface area contributed by atoms with Crippen molar-refractivity contribution in [2.75, 3.05) is 18.9 Å². The van der Waals surface area contributed by atoms with E-state index < -0.39 is 0 Å². The molecule has 0 spiro atoms.